The number of carbonyl (C=O) groups excluding carboxylic acids is 1. The van der Waals surface area contributed by atoms with Crippen LogP contribution in [-0.4, -0.2) is 26.4 Å². The van der Waals surface area contributed by atoms with Gasteiger partial charge in [-0.3, -0.25) is 4.79 Å². The monoisotopic (exact) mass is 399 g/mol. The summed E-state index contributed by atoms with van der Waals surface area (Å²) in [5, 5.41) is 13.3. The summed E-state index contributed by atoms with van der Waals surface area (Å²) < 4.78 is 1.89. The van der Waals surface area contributed by atoms with Gasteiger partial charge in [-0.05, 0) is 48.8 Å². The second-order valence-corrected chi connectivity index (χ2v) is 8.93. The summed E-state index contributed by atoms with van der Waals surface area (Å²) in [7, 11) is 1.92. The Hall–Kier alpha value is -2.15. The van der Waals surface area contributed by atoms with Gasteiger partial charge in [0.25, 0.3) is 5.91 Å². The van der Waals surface area contributed by atoms with Crippen LogP contribution in [0.1, 0.15) is 56.0 Å². The molecule has 1 heterocycles. The number of nitrogens with one attached hydrogen (secondary N) is 1. The molecule has 0 saturated heterocycles. The fourth-order valence-electron chi connectivity index (χ4n) is 3.58. The van der Waals surface area contributed by atoms with Gasteiger partial charge in [-0.25, -0.2) is 5.43 Å². The van der Waals surface area contributed by atoms with Crippen molar-refractivity contribution in [2.24, 2.45) is 29.9 Å². The predicted octanol–water partition coefficient (Wildman–Crippen LogP) is 4.29. The first kappa shape index (κ1) is 20.6. The Morgan fingerprint density at radius 3 is 2.71 bits per heavy atom. The Bertz CT molecular complexity index is 828. The Kier molecular flexibility index (Phi) is 6.88. The molecule has 1 N–H and O–H groups in total. The number of carbonyl (C=O) groups is 1. The van der Waals surface area contributed by atoms with E-state index in [2.05, 4.69) is 41.5 Å². The number of benzene rings is 1. The van der Waals surface area contributed by atoms with E-state index in [-0.39, 0.29) is 5.91 Å². The molecule has 1 aromatic heterocycles. The average Bonchev–Trinajstić information content (AvgIpc) is 3.09. The lowest BCUT2D eigenvalue weighted by Gasteiger charge is -2.30. The van der Waals surface area contributed by atoms with Crippen LogP contribution < -0.4 is 5.43 Å². The highest BCUT2D eigenvalue weighted by molar-refractivity contribution is 7.98. The average molecular weight is 400 g/mol. The van der Waals surface area contributed by atoms with E-state index in [4.69, 9.17) is 0 Å². The second kappa shape index (κ2) is 9.37. The molecule has 150 valence electrons. The maximum absolute atomic E-state index is 12.5. The molecule has 0 unspecified atom stereocenters. The number of aryl methyl sites for hydroxylation is 1. The Morgan fingerprint density at radius 1 is 1.32 bits per heavy atom. The number of thioether (sulfide) groups is 1. The summed E-state index contributed by atoms with van der Waals surface area (Å²) in [6.07, 6.45) is 5.06. The van der Waals surface area contributed by atoms with E-state index in [1.807, 2.05) is 35.9 Å². The smallest absolute Gasteiger partial charge is 0.271 e. The zero-order valence-corrected chi connectivity index (χ0v) is 17.9. The lowest BCUT2D eigenvalue weighted by molar-refractivity contribution is 0.0954. The van der Waals surface area contributed by atoms with E-state index in [1.54, 1.807) is 18.1 Å². The molecular formula is C21H29N5OS. The fraction of sp³-hybridized carbons (Fsp3) is 0.524. The van der Waals surface area contributed by atoms with Gasteiger partial charge in [0.1, 0.15) is 6.33 Å². The third kappa shape index (κ3) is 5.22. The molecule has 1 aliphatic rings. The van der Waals surface area contributed by atoms with Crippen LogP contribution in [0, 0.1) is 17.8 Å². The minimum atomic E-state index is -0.152. The van der Waals surface area contributed by atoms with E-state index < -0.39 is 0 Å². The molecule has 1 amide bonds. The molecule has 1 saturated carbocycles. The maximum Gasteiger partial charge on any atom is 0.271 e. The highest BCUT2D eigenvalue weighted by Gasteiger charge is 2.27. The van der Waals surface area contributed by atoms with Gasteiger partial charge in [-0.15, -0.1) is 10.2 Å². The molecule has 6 nitrogen and oxygen atoms in total. The van der Waals surface area contributed by atoms with Crippen LogP contribution in [0.2, 0.25) is 0 Å². The van der Waals surface area contributed by atoms with Crippen molar-refractivity contribution in [2.45, 2.75) is 50.9 Å². The Balaban J connectivity index is 1.58. The first-order valence-electron chi connectivity index (χ1n) is 9.86. The molecule has 1 aromatic carbocycles. The van der Waals surface area contributed by atoms with Gasteiger partial charge in [0.05, 0.1) is 0 Å². The summed E-state index contributed by atoms with van der Waals surface area (Å²) in [4.78, 5) is 12.5. The number of nitrogens with zero attached hydrogens (tertiary/aromatic N) is 4. The lowest BCUT2D eigenvalue weighted by atomic mass is 9.76. The molecule has 28 heavy (non-hydrogen) atoms. The lowest BCUT2D eigenvalue weighted by Crippen LogP contribution is -2.31. The molecule has 1 fully saturated rings. The second-order valence-electron chi connectivity index (χ2n) is 7.99. The molecule has 7 heteroatoms. The van der Waals surface area contributed by atoms with Crippen molar-refractivity contribution in [3.05, 3.63) is 41.7 Å². The Morgan fingerprint density at radius 2 is 2.07 bits per heavy atom. The molecule has 3 rings (SSSR count). The van der Waals surface area contributed by atoms with E-state index in [0.29, 0.717) is 23.3 Å². The number of hydrazone groups is 1. The van der Waals surface area contributed by atoms with Gasteiger partial charge in [-0.1, -0.05) is 44.7 Å². The number of amides is 1. The molecule has 1 aliphatic carbocycles. The molecule has 0 bridgehead atoms. The zero-order valence-electron chi connectivity index (χ0n) is 17.1. The number of hydrogen-bond acceptors (Lipinski definition) is 5. The summed E-state index contributed by atoms with van der Waals surface area (Å²) in [5.74, 6) is 2.28. The quantitative estimate of drug-likeness (QED) is 0.581. The van der Waals surface area contributed by atoms with Gasteiger partial charge in [0.15, 0.2) is 5.16 Å². The Labute approximate surface area is 171 Å². The van der Waals surface area contributed by atoms with E-state index >= 15 is 0 Å². The van der Waals surface area contributed by atoms with Crippen LogP contribution in [0.25, 0.3) is 0 Å². The van der Waals surface area contributed by atoms with Crippen LogP contribution >= 0.6 is 11.8 Å². The summed E-state index contributed by atoms with van der Waals surface area (Å²) >= 11 is 1.62. The number of rotatable bonds is 6. The summed E-state index contributed by atoms with van der Waals surface area (Å²) in [5.41, 5.74) is 5.68. The normalized spacial score (nSPS) is 21.2. The topological polar surface area (TPSA) is 72.2 Å². The van der Waals surface area contributed by atoms with Crippen molar-refractivity contribution in [1.29, 1.82) is 0 Å². The van der Waals surface area contributed by atoms with Gasteiger partial charge in [0, 0.05) is 30.0 Å². The molecule has 0 radical (unpaired) electrons. The summed E-state index contributed by atoms with van der Waals surface area (Å²) in [6, 6.07) is 7.66. The third-order valence-electron chi connectivity index (χ3n) is 5.32. The van der Waals surface area contributed by atoms with E-state index in [9.17, 15) is 4.79 Å². The van der Waals surface area contributed by atoms with Crippen LogP contribution in [0.15, 0.2) is 40.9 Å². The minimum absolute atomic E-state index is 0.152. The van der Waals surface area contributed by atoms with Gasteiger partial charge >= 0.3 is 0 Å². The van der Waals surface area contributed by atoms with Crippen molar-refractivity contribution in [1.82, 2.24) is 20.2 Å². The van der Waals surface area contributed by atoms with Crippen molar-refractivity contribution in [3.63, 3.8) is 0 Å². The molecule has 2 atom stereocenters. The standard InChI is InChI=1S/C21H29N5OS/c1-14(2)18-10-5-15(3)11-19(18)23-24-20(27)17-8-6-16(7-9-17)12-28-21-25-22-13-26(21)4/h6-9,13-15,18H,5,10-12H2,1-4H3,(H,24,27)/t15-,18-/m0/s1. The number of hydrogen-bond donors (Lipinski definition) is 1. The van der Waals surface area contributed by atoms with Gasteiger partial charge < -0.3 is 4.57 Å². The van der Waals surface area contributed by atoms with Crippen LogP contribution in [-0.2, 0) is 12.8 Å². The van der Waals surface area contributed by atoms with Crippen molar-refractivity contribution >= 4 is 23.4 Å². The van der Waals surface area contributed by atoms with Crippen LogP contribution in [0.5, 0.6) is 0 Å². The van der Waals surface area contributed by atoms with Gasteiger partial charge in [0.2, 0.25) is 0 Å². The fourth-order valence-corrected chi connectivity index (χ4v) is 4.42. The van der Waals surface area contributed by atoms with E-state index in [0.717, 1.165) is 35.0 Å². The molecule has 2 aromatic rings. The molecule has 0 aliphatic heterocycles. The molecule has 0 spiro atoms. The first-order chi connectivity index (χ1) is 13.4. The van der Waals surface area contributed by atoms with Crippen LogP contribution in [0.4, 0.5) is 0 Å². The highest BCUT2D eigenvalue weighted by atomic mass is 32.2. The third-order valence-corrected chi connectivity index (χ3v) is 6.42. The molecular weight excluding hydrogens is 370 g/mol. The SMILES string of the molecule is CC(C)[C@@H]1CC[C@H](C)CC1=NNC(=O)c1ccc(CSc2nncn2C)cc1. The van der Waals surface area contributed by atoms with Crippen molar-refractivity contribution in [3.8, 4) is 0 Å². The van der Waals surface area contributed by atoms with Gasteiger partial charge in [-0.2, -0.15) is 5.10 Å². The highest BCUT2D eigenvalue weighted by Crippen LogP contribution is 2.31. The maximum atomic E-state index is 12.5. The first-order valence-corrected chi connectivity index (χ1v) is 10.8. The zero-order chi connectivity index (χ0) is 20.1. The largest absolute Gasteiger partial charge is 0.312 e. The van der Waals surface area contributed by atoms with Crippen molar-refractivity contribution < 1.29 is 4.79 Å². The van der Waals surface area contributed by atoms with Crippen molar-refractivity contribution in [2.75, 3.05) is 0 Å². The number of aromatic nitrogens is 3. The predicted molar refractivity (Wildman–Crippen MR) is 113 cm³/mol. The van der Waals surface area contributed by atoms with Crippen LogP contribution in [0.3, 0.4) is 0 Å². The van der Waals surface area contributed by atoms with E-state index in [1.165, 1.54) is 6.42 Å². The minimum Gasteiger partial charge on any atom is -0.312 e. The summed E-state index contributed by atoms with van der Waals surface area (Å²) in [6.45, 7) is 6.72.